The molecule has 0 unspecified atom stereocenters. The van der Waals surface area contributed by atoms with Crippen LogP contribution in [0.4, 0.5) is 18.9 Å². The van der Waals surface area contributed by atoms with Gasteiger partial charge in [-0.2, -0.15) is 10.2 Å². The van der Waals surface area contributed by atoms with E-state index in [0.717, 1.165) is 6.07 Å². The molecule has 0 saturated heterocycles. The van der Waals surface area contributed by atoms with Gasteiger partial charge in [0, 0.05) is 31.2 Å². The van der Waals surface area contributed by atoms with E-state index in [-0.39, 0.29) is 5.69 Å². The van der Waals surface area contributed by atoms with Gasteiger partial charge in [-0.05, 0) is 43.3 Å². The number of carbonyl (C=O) groups is 1. The molecule has 4 rings (SSSR count). The molecule has 4 aromatic rings. The molecular weight excluding hydrogens is 492 g/mol. The van der Waals surface area contributed by atoms with Crippen molar-refractivity contribution in [3.05, 3.63) is 84.0 Å². The van der Waals surface area contributed by atoms with E-state index in [9.17, 15) is 18.0 Å². The number of para-hydroxylation sites is 2. The molecule has 0 atom stereocenters. The zero-order valence-electron chi connectivity index (χ0n) is 17.2. The summed E-state index contributed by atoms with van der Waals surface area (Å²) in [6.07, 6.45) is 2.14. The monoisotopic (exact) mass is 514 g/mol. The number of ether oxygens (including phenoxy) is 1. The van der Waals surface area contributed by atoms with Gasteiger partial charge < -0.3 is 15.0 Å². The fourth-order valence-electron chi connectivity index (χ4n) is 1.78. The van der Waals surface area contributed by atoms with E-state index >= 15 is 0 Å². The summed E-state index contributed by atoms with van der Waals surface area (Å²) >= 11 is 0.347. The number of hydrogen-bond acceptors (Lipinski definition) is 6. The van der Waals surface area contributed by atoms with Gasteiger partial charge >= 0.3 is 41.4 Å². The van der Waals surface area contributed by atoms with Gasteiger partial charge in [0.1, 0.15) is 0 Å². The third-order valence-corrected chi connectivity index (χ3v) is 3.85. The van der Waals surface area contributed by atoms with E-state index in [0.29, 0.717) is 14.7 Å². The van der Waals surface area contributed by atoms with E-state index in [2.05, 4.69) is 34.4 Å². The molecule has 0 aliphatic heterocycles. The molecule has 12 heteroatoms. The summed E-state index contributed by atoms with van der Waals surface area (Å²) in [4.78, 5) is 15.6. The average Bonchev–Trinajstić information content (AvgIpc) is 3.47. The largest absolute Gasteiger partial charge is 0.159 e. The SMILES string of the molecule is CC(=O)Nc1ccccc1OC(F)(F)F.Cc1ccc[nH]1.c1c[se]nn1.c1ccnnc1. The number of nitrogens with one attached hydrogen (secondary N) is 2. The van der Waals surface area contributed by atoms with Crippen molar-refractivity contribution in [3.63, 3.8) is 0 Å². The molecule has 2 N–H and O–H groups in total. The first kappa shape index (κ1) is 26.5. The second-order valence-electron chi connectivity index (χ2n) is 5.58. The third kappa shape index (κ3) is 14.5. The molecule has 0 aliphatic carbocycles. The third-order valence-electron chi connectivity index (χ3n) is 2.94. The Kier molecular flexibility index (Phi) is 12.7. The Labute approximate surface area is 188 Å². The van der Waals surface area contributed by atoms with E-state index < -0.39 is 18.0 Å². The van der Waals surface area contributed by atoms with Crippen molar-refractivity contribution < 1.29 is 22.7 Å². The van der Waals surface area contributed by atoms with Gasteiger partial charge in [0.2, 0.25) is 5.91 Å². The number of aromatic nitrogens is 5. The first-order chi connectivity index (χ1) is 15.3. The van der Waals surface area contributed by atoms with E-state index in [1.807, 2.05) is 42.3 Å². The van der Waals surface area contributed by atoms with Gasteiger partial charge in [0.15, 0.2) is 5.75 Å². The van der Waals surface area contributed by atoms with Crippen LogP contribution in [0.25, 0.3) is 0 Å². The van der Waals surface area contributed by atoms with Crippen molar-refractivity contribution in [1.82, 2.24) is 24.4 Å². The summed E-state index contributed by atoms with van der Waals surface area (Å²) in [5.41, 5.74) is 1.21. The van der Waals surface area contributed by atoms with Crippen molar-refractivity contribution in [3.8, 4) is 5.75 Å². The first-order valence-electron chi connectivity index (χ1n) is 8.93. The van der Waals surface area contributed by atoms with Crippen LogP contribution in [0.1, 0.15) is 12.6 Å². The van der Waals surface area contributed by atoms with Crippen molar-refractivity contribution in [2.45, 2.75) is 20.2 Å². The zero-order chi connectivity index (χ0) is 23.7. The summed E-state index contributed by atoms with van der Waals surface area (Å²) in [5, 5.41) is 12.9. The van der Waals surface area contributed by atoms with Gasteiger partial charge in [-0.15, -0.1) is 13.2 Å². The Morgan fingerprint density at radius 1 is 1.00 bits per heavy atom. The predicted octanol–water partition coefficient (Wildman–Crippen LogP) is 3.88. The second kappa shape index (κ2) is 15.3. The summed E-state index contributed by atoms with van der Waals surface area (Å²) in [7, 11) is 0. The van der Waals surface area contributed by atoms with Crippen LogP contribution in [0.5, 0.6) is 5.75 Å². The molecule has 8 nitrogen and oxygen atoms in total. The molecule has 32 heavy (non-hydrogen) atoms. The smallest absolute Gasteiger partial charge is 0.0496 e. The Morgan fingerprint density at radius 2 is 1.69 bits per heavy atom. The van der Waals surface area contributed by atoms with Crippen LogP contribution in [0.2, 0.25) is 0 Å². The van der Waals surface area contributed by atoms with Gasteiger partial charge in [-0.25, -0.2) is 0 Å². The predicted molar refractivity (Wildman–Crippen MR) is 114 cm³/mol. The fourth-order valence-corrected chi connectivity index (χ4v) is 2.35. The van der Waals surface area contributed by atoms with Crippen molar-refractivity contribution in [2.24, 2.45) is 0 Å². The van der Waals surface area contributed by atoms with Crippen LogP contribution in [-0.4, -0.2) is 51.4 Å². The maximum Gasteiger partial charge on any atom is 0.0496 e. The van der Waals surface area contributed by atoms with Crippen LogP contribution >= 0.6 is 0 Å². The normalized spacial score (nSPS) is 9.53. The van der Waals surface area contributed by atoms with Crippen molar-refractivity contribution in [1.29, 1.82) is 0 Å². The van der Waals surface area contributed by atoms with Crippen LogP contribution in [0.3, 0.4) is 0 Å². The number of halogens is 3. The summed E-state index contributed by atoms with van der Waals surface area (Å²) in [5.74, 6) is -0.895. The number of rotatable bonds is 2. The minimum Gasteiger partial charge on any atom is -0.159 e. The molecular formula is C20H21F3N6O2Se. The molecule has 1 amide bonds. The molecule has 0 radical (unpaired) electrons. The Balaban J connectivity index is 0.000000245. The number of alkyl halides is 3. The van der Waals surface area contributed by atoms with E-state index in [4.69, 9.17) is 0 Å². The maximum absolute atomic E-state index is 11.9. The van der Waals surface area contributed by atoms with Gasteiger partial charge in [-0.3, -0.25) is 4.79 Å². The van der Waals surface area contributed by atoms with Crippen molar-refractivity contribution >= 4 is 26.3 Å². The van der Waals surface area contributed by atoms with Gasteiger partial charge in [-0.1, -0.05) is 12.1 Å². The van der Waals surface area contributed by atoms with Gasteiger partial charge in [0.25, 0.3) is 0 Å². The maximum atomic E-state index is 11.9. The molecule has 0 saturated carbocycles. The molecule has 170 valence electrons. The topological polar surface area (TPSA) is 106 Å². The average molecular weight is 513 g/mol. The molecule has 0 bridgehead atoms. The minimum atomic E-state index is -4.77. The van der Waals surface area contributed by atoms with E-state index in [1.165, 1.54) is 30.8 Å². The number of nitrogens with zero attached hydrogens (tertiary/aromatic N) is 4. The number of anilines is 1. The standard InChI is InChI=1S/C9H8F3NO2.C5H7N.C4H4N2.C2H2N2Se/c1-6(14)13-7-4-2-3-5-8(7)15-9(10,11)12;1-5-3-2-4-6-5;1-2-4-6-5-3-1;1-2-5-4-3-1/h2-5H,1H3,(H,13,14);2-4,6H,1H3;1-4H;1-2H. The summed E-state index contributed by atoms with van der Waals surface area (Å²) in [6.45, 7) is 3.23. The summed E-state index contributed by atoms with van der Waals surface area (Å²) in [6, 6.07) is 13.0. The Bertz CT molecular complexity index is 925. The number of amides is 1. The quantitative estimate of drug-likeness (QED) is 0.395. The fraction of sp³-hybridized carbons (Fsp3) is 0.150. The van der Waals surface area contributed by atoms with Crippen LogP contribution in [0, 0.1) is 6.92 Å². The first-order valence-corrected chi connectivity index (χ1v) is 10.7. The molecule has 3 aromatic heterocycles. The molecule has 0 aliphatic rings. The summed E-state index contributed by atoms with van der Waals surface area (Å²) < 4.78 is 43.2. The van der Waals surface area contributed by atoms with Crippen molar-refractivity contribution in [2.75, 3.05) is 5.32 Å². The molecule has 0 spiro atoms. The number of H-pyrrole nitrogens is 1. The second-order valence-corrected chi connectivity index (χ2v) is 6.94. The zero-order valence-corrected chi connectivity index (χ0v) is 18.9. The molecule has 3 heterocycles. The number of hydrogen-bond donors (Lipinski definition) is 2. The number of aryl methyl sites for hydroxylation is 1. The minimum absolute atomic E-state index is 0.0117. The van der Waals surface area contributed by atoms with Gasteiger partial charge in [0.05, 0.1) is 5.69 Å². The Morgan fingerprint density at radius 3 is 2.03 bits per heavy atom. The molecule has 1 aromatic carbocycles. The Hall–Kier alpha value is -3.50. The van der Waals surface area contributed by atoms with Crippen LogP contribution < -0.4 is 10.1 Å². The van der Waals surface area contributed by atoms with Crippen LogP contribution in [-0.2, 0) is 4.79 Å². The number of benzene rings is 1. The number of carbonyl (C=O) groups excluding carboxylic acids is 1. The molecule has 0 fully saturated rings. The number of aromatic amines is 1. The van der Waals surface area contributed by atoms with E-state index in [1.54, 1.807) is 18.6 Å². The van der Waals surface area contributed by atoms with Crippen LogP contribution in [0.15, 0.2) is 78.3 Å².